The van der Waals surface area contributed by atoms with Crippen LogP contribution in [-0.2, 0) is 30.3 Å². The number of hydrogen-bond acceptors (Lipinski definition) is 5. The Hall–Kier alpha value is -3.03. The summed E-state index contributed by atoms with van der Waals surface area (Å²) in [5.74, 6) is -0.969. The van der Waals surface area contributed by atoms with Gasteiger partial charge in [-0.25, -0.2) is 0 Å². The first kappa shape index (κ1) is 22.4. The molecule has 0 unspecified atom stereocenters. The van der Waals surface area contributed by atoms with Crippen LogP contribution < -0.4 is 4.90 Å². The van der Waals surface area contributed by atoms with Crippen molar-refractivity contribution in [1.29, 1.82) is 0 Å². The van der Waals surface area contributed by atoms with Gasteiger partial charge in [-0.3, -0.25) is 9.69 Å². The minimum Gasteiger partial charge on any atom is -0.367 e. The Morgan fingerprint density at radius 2 is 1.51 bits per heavy atom. The third-order valence-corrected chi connectivity index (χ3v) is 7.04. The first-order valence-corrected chi connectivity index (χ1v) is 12.0. The average molecular weight is 472 g/mol. The molecule has 6 heteroatoms. The first-order chi connectivity index (χ1) is 16.9. The summed E-state index contributed by atoms with van der Waals surface area (Å²) < 4.78 is 25.4. The fourth-order valence-corrected chi connectivity index (χ4v) is 5.48. The molecule has 180 valence electrons. The fourth-order valence-electron chi connectivity index (χ4n) is 5.48. The molecule has 0 aromatic heterocycles. The predicted octanol–water partition coefficient (Wildman–Crippen LogP) is 4.91. The lowest BCUT2D eigenvalue weighted by molar-refractivity contribution is -0.255. The van der Waals surface area contributed by atoms with Crippen LogP contribution in [0.4, 0.5) is 5.69 Å². The zero-order valence-electron chi connectivity index (χ0n) is 20.1. The Balaban J connectivity index is 1.42. The Morgan fingerprint density at radius 3 is 2.20 bits per heavy atom. The zero-order chi connectivity index (χ0) is 24.2. The molecular weight excluding hydrogens is 442 g/mol. The molecule has 0 bridgehead atoms. The number of carbonyl (C=O) groups excluding carboxylic acids is 1. The molecule has 3 heterocycles. The lowest BCUT2D eigenvalue weighted by Gasteiger charge is -2.55. The molecule has 3 aliphatic rings. The summed E-state index contributed by atoms with van der Waals surface area (Å²) in [5, 5.41) is 0. The Bertz CT molecular complexity index is 1210. The molecule has 0 aliphatic carbocycles. The summed E-state index contributed by atoms with van der Waals surface area (Å²) in [6.45, 7) is 6.09. The van der Waals surface area contributed by atoms with Crippen LogP contribution >= 0.6 is 0 Å². The third-order valence-electron chi connectivity index (χ3n) is 7.04. The zero-order valence-corrected chi connectivity index (χ0v) is 20.1. The van der Waals surface area contributed by atoms with Crippen molar-refractivity contribution in [2.45, 2.75) is 63.3 Å². The topological polar surface area (TPSA) is 57.2 Å². The van der Waals surface area contributed by atoms with Gasteiger partial charge in [-0.2, -0.15) is 0 Å². The highest BCUT2D eigenvalue weighted by molar-refractivity contribution is 6.09. The molecular formula is C29H29NO5. The number of hydrogen-bond donors (Lipinski definition) is 0. The molecule has 3 aliphatic heterocycles. The van der Waals surface area contributed by atoms with Crippen LogP contribution in [0.5, 0.6) is 0 Å². The Labute approximate surface area is 205 Å². The van der Waals surface area contributed by atoms with Crippen LogP contribution in [0.1, 0.15) is 36.6 Å². The third kappa shape index (κ3) is 3.60. The summed E-state index contributed by atoms with van der Waals surface area (Å²) in [5.41, 5.74) is 2.70. The van der Waals surface area contributed by atoms with Crippen molar-refractivity contribution in [3.63, 3.8) is 0 Å². The van der Waals surface area contributed by atoms with Gasteiger partial charge in [0.25, 0.3) is 5.91 Å². The number of β-lactam (4-membered cyclic amide) rings is 1. The van der Waals surface area contributed by atoms with E-state index in [1.54, 1.807) is 4.90 Å². The molecule has 3 aromatic rings. The second-order valence-electron chi connectivity index (χ2n) is 9.92. The number of rotatable bonds is 5. The molecule has 35 heavy (non-hydrogen) atoms. The molecule has 6 nitrogen and oxygen atoms in total. The van der Waals surface area contributed by atoms with E-state index in [0.29, 0.717) is 6.61 Å². The van der Waals surface area contributed by atoms with Crippen LogP contribution in [0, 0.1) is 6.92 Å². The lowest BCUT2D eigenvalue weighted by atomic mass is 9.73. The molecule has 6 rings (SSSR count). The van der Waals surface area contributed by atoms with Gasteiger partial charge in [0.1, 0.15) is 18.2 Å². The van der Waals surface area contributed by atoms with Crippen molar-refractivity contribution >= 4 is 11.6 Å². The van der Waals surface area contributed by atoms with Crippen LogP contribution in [-0.4, -0.2) is 35.8 Å². The van der Waals surface area contributed by atoms with Crippen LogP contribution in [0.25, 0.3) is 0 Å². The van der Waals surface area contributed by atoms with Gasteiger partial charge in [0.15, 0.2) is 12.1 Å². The van der Waals surface area contributed by atoms with Crippen LogP contribution in [0.3, 0.4) is 0 Å². The van der Waals surface area contributed by atoms with Gasteiger partial charge in [-0.05, 0) is 44.0 Å². The Morgan fingerprint density at radius 1 is 0.857 bits per heavy atom. The van der Waals surface area contributed by atoms with Crippen LogP contribution in [0.2, 0.25) is 0 Å². The predicted molar refractivity (Wildman–Crippen MR) is 131 cm³/mol. The number of fused-ring (bicyclic) bond motifs is 1. The second-order valence-corrected chi connectivity index (χ2v) is 9.92. The van der Waals surface area contributed by atoms with E-state index in [-0.39, 0.29) is 11.9 Å². The largest absolute Gasteiger partial charge is 0.367 e. The van der Waals surface area contributed by atoms with E-state index in [1.165, 1.54) is 0 Å². The van der Waals surface area contributed by atoms with E-state index >= 15 is 0 Å². The number of para-hydroxylation sites is 1. The summed E-state index contributed by atoms with van der Waals surface area (Å²) in [4.78, 5) is 15.9. The summed E-state index contributed by atoms with van der Waals surface area (Å²) in [6, 6.07) is 27.5. The normalized spacial score (nSPS) is 30.9. The van der Waals surface area contributed by atoms with Crippen molar-refractivity contribution in [2.24, 2.45) is 0 Å². The van der Waals surface area contributed by atoms with Crippen molar-refractivity contribution in [2.75, 3.05) is 4.90 Å². The molecule has 0 radical (unpaired) electrons. The average Bonchev–Trinajstić information content (AvgIpc) is 3.33. The monoisotopic (exact) mass is 471 g/mol. The van der Waals surface area contributed by atoms with E-state index in [1.807, 2.05) is 81.4 Å². The minimum absolute atomic E-state index is 0.147. The van der Waals surface area contributed by atoms with E-state index in [0.717, 1.165) is 22.4 Å². The maximum absolute atomic E-state index is 14.1. The van der Waals surface area contributed by atoms with Crippen molar-refractivity contribution in [3.8, 4) is 0 Å². The molecule has 5 atom stereocenters. The number of aryl methyl sites for hydroxylation is 1. The van der Waals surface area contributed by atoms with E-state index in [9.17, 15) is 4.79 Å². The van der Waals surface area contributed by atoms with Gasteiger partial charge in [0.05, 0.1) is 6.61 Å². The highest BCUT2D eigenvalue weighted by atomic mass is 16.8. The van der Waals surface area contributed by atoms with Gasteiger partial charge in [0, 0.05) is 5.69 Å². The van der Waals surface area contributed by atoms with Gasteiger partial charge in [-0.15, -0.1) is 0 Å². The standard InChI is InChI=1S/C29H29NO5/c1-19-14-16-21(17-15-19)24-29(27(31)30(24)22-12-8-5-9-13-22)25(32-18-20-10-6-4-7-11-20)23-26(35-29)34-28(2,3)33-23/h4-17,23-26H,18H2,1-3H3/t23-,24-,25-,26+,29-/m1/s1. The number of benzene rings is 3. The molecule has 3 fully saturated rings. The molecule has 0 N–H and O–H groups in total. The molecule has 3 aromatic carbocycles. The van der Waals surface area contributed by atoms with Crippen molar-refractivity contribution in [3.05, 3.63) is 102 Å². The van der Waals surface area contributed by atoms with Gasteiger partial charge >= 0.3 is 0 Å². The van der Waals surface area contributed by atoms with Crippen LogP contribution in [0.15, 0.2) is 84.9 Å². The highest BCUT2D eigenvalue weighted by Crippen LogP contribution is 2.58. The van der Waals surface area contributed by atoms with Crippen molar-refractivity contribution < 1.29 is 23.7 Å². The van der Waals surface area contributed by atoms with Gasteiger partial charge in [0.2, 0.25) is 5.60 Å². The maximum atomic E-state index is 14.1. The molecule has 0 saturated carbocycles. The maximum Gasteiger partial charge on any atom is 0.265 e. The number of amides is 1. The molecule has 1 spiro atoms. The lowest BCUT2D eigenvalue weighted by Crippen LogP contribution is -2.74. The van der Waals surface area contributed by atoms with E-state index in [2.05, 4.69) is 24.3 Å². The Kier molecular flexibility index (Phi) is 5.31. The first-order valence-electron chi connectivity index (χ1n) is 12.0. The smallest absolute Gasteiger partial charge is 0.265 e. The summed E-state index contributed by atoms with van der Waals surface area (Å²) >= 11 is 0. The highest BCUT2D eigenvalue weighted by Gasteiger charge is 2.76. The minimum atomic E-state index is -1.26. The van der Waals surface area contributed by atoms with E-state index in [4.69, 9.17) is 18.9 Å². The summed E-state index contributed by atoms with van der Waals surface area (Å²) in [6.07, 6.45) is -1.86. The summed E-state index contributed by atoms with van der Waals surface area (Å²) in [7, 11) is 0. The van der Waals surface area contributed by atoms with Gasteiger partial charge in [-0.1, -0.05) is 78.4 Å². The number of anilines is 1. The number of carbonyl (C=O) groups is 1. The quantitative estimate of drug-likeness (QED) is 0.495. The second kappa shape index (κ2) is 8.28. The van der Waals surface area contributed by atoms with E-state index < -0.39 is 29.9 Å². The van der Waals surface area contributed by atoms with Crippen molar-refractivity contribution in [1.82, 2.24) is 0 Å². The fraction of sp³-hybridized carbons (Fsp3) is 0.345. The SMILES string of the molecule is Cc1ccc([C@H]2N(c3ccccc3)C(=O)[C@@]23O[C@@H]2OC(C)(C)O[C@@H]2[C@H]3OCc2ccccc2)cc1. The number of nitrogens with zero attached hydrogens (tertiary/aromatic N) is 1. The number of ether oxygens (including phenoxy) is 4. The molecule has 1 amide bonds. The van der Waals surface area contributed by atoms with Gasteiger partial charge < -0.3 is 18.9 Å². The molecule has 3 saturated heterocycles.